The first-order valence-electron chi connectivity index (χ1n) is 6.74. The van der Waals surface area contributed by atoms with Crippen molar-refractivity contribution in [3.8, 4) is 0 Å². The average Bonchev–Trinajstić information content (AvgIpc) is 2.48. The van der Waals surface area contributed by atoms with Gasteiger partial charge >= 0.3 is 6.18 Å². The van der Waals surface area contributed by atoms with Gasteiger partial charge in [0.2, 0.25) is 0 Å². The maximum absolute atomic E-state index is 13.0. The molecule has 2 aromatic rings. The Balaban J connectivity index is 2.18. The topological polar surface area (TPSA) is 49.2 Å². The molecule has 22 heavy (non-hydrogen) atoms. The Morgan fingerprint density at radius 3 is 2.50 bits per heavy atom. The lowest BCUT2D eigenvalue weighted by Crippen LogP contribution is -2.28. The number of hydrogen-bond acceptors (Lipinski definition) is 4. The van der Waals surface area contributed by atoms with Gasteiger partial charge in [-0.3, -0.25) is 14.9 Å². The van der Waals surface area contributed by atoms with Crippen LogP contribution in [0.25, 0.3) is 0 Å². The van der Waals surface area contributed by atoms with Gasteiger partial charge in [0.25, 0.3) is 0 Å². The van der Waals surface area contributed by atoms with Gasteiger partial charge in [0, 0.05) is 38.2 Å². The SMILES string of the molecule is OCCN(Cc1cccnc1)Cc1ncccc1C(F)(F)F. The fourth-order valence-electron chi connectivity index (χ4n) is 2.14. The molecule has 2 rings (SSSR count). The van der Waals surface area contributed by atoms with Crippen molar-refractivity contribution in [3.05, 3.63) is 59.7 Å². The van der Waals surface area contributed by atoms with Crippen molar-refractivity contribution in [2.24, 2.45) is 0 Å². The molecule has 2 aromatic heterocycles. The number of aliphatic hydroxyl groups is 1. The molecule has 0 saturated carbocycles. The molecule has 0 unspecified atom stereocenters. The maximum atomic E-state index is 13.0. The largest absolute Gasteiger partial charge is 0.418 e. The monoisotopic (exact) mass is 311 g/mol. The minimum Gasteiger partial charge on any atom is -0.395 e. The highest BCUT2D eigenvalue weighted by Gasteiger charge is 2.34. The Labute approximate surface area is 126 Å². The van der Waals surface area contributed by atoms with E-state index in [1.54, 1.807) is 23.4 Å². The molecule has 0 spiro atoms. The molecule has 118 valence electrons. The van der Waals surface area contributed by atoms with Gasteiger partial charge < -0.3 is 5.11 Å². The number of aromatic nitrogens is 2. The first kappa shape index (κ1) is 16.4. The summed E-state index contributed by atoms with van der Waals surface area (Å²) in [5.74, 6) is 0. The van der Waals surface area contributed by atoms with Crippen LogP contribution in [-0.2, 0) is 19.3 Å². The fourth-order valence-corrected chi connectivity index (χ4v) is 2.14. The van der Waals surface area contributed by atoms with E-state index in [0.717, 1.165) is 11.6 Å². The minimum atomic E-state index is -4.44. The highest BCUT2D eigenvalue weighted by atomic mass is 19.4. The lowest BCUT2D eigenvalue weighted by molar-refractivity contribution is -0.138. The number of pyridine rings is 2. The Kier molecular flexibility index (Phi) is 5.46. The predicted molar refractivity (Wildman–Crippen MR) is 74.7 cm³/mol. The van der Waals surface area contributed by atoms with Crippen LogP contribution in [0.2, 0.25) is 0 Å². The predicted octanol–water partition coefficient (Wildman–Crippen LogP) is 2.49. The number of nitrogens with zero attached hydrogens (tertiary/aromatic N) is 3. The van der Waals surface area contributed by atoms with Gasteiger partial charge in [-0.05, 0) is 23.8 Å². The normalized spacial score (nSPS) is 11.9. The highest BCUT2D eigenvalue weighted by Crippen LogP contribution is 2.31. The zero-order chi connectivity index (χ0) is 16.0. The zero-order valence-electron chi connectivity index (χ0n) is 11.8. The number of aliphatic hydroxyl groups excluding tert-OH is 1. The fraction of sp³-hybridized carbons (Fsp3) is 0.333. The Morgan fingerprint density at radius 1 is 1.09 bits per heavy atom. The molecule has 0 saturated heterocycles. The number of hydrogen-bond donors (Lipinski definition) is 1. The molecule has 4 nitrogen and oxygen atoms in total. The summed E-state index contributed by atoms with van der Waals surface area (Å²) in [6.45, 7) is 0.505. The van der Waals surface area contributed by atoms with E-state index >= 15 is 0 Å². The van der Waals surface area contributed by atoms with Crippen LogP contribution in [0.5, 0.6) is 0 Å². The second-order valence-corrected chi connectivity index (χ2v) is 4.79. The van der Waals surface area contributed by atoms with E-state index in [0.29, 0.717) is 6.54 Å². The third-order valence-corrected chi connectivity index (χ3v) is 3.11. The smallest absolute Gasteiger partial charge is 0.395 e. The molecule has 0 bridgehead atoms. The molecule has 0 fully saturated rings. The molecular formula is C15H16F3N3O. The third-order valence-electron chi connectivity index (χ3n) is 3.11. The van der Waals surface area contributed by atoms with Crippen molar-refractivity contribution in [1.82, 2.24) is 14.9 Å². The van der Waals surface area contributed by atoms with Gasteiger partial charge in [-0.1, -0.05) is 6.07 Å². The van der Waals surface area contributed by atoms with Crippen molar-refractivity contribution in [2.75, 3.05) is 13.2 Å². The molecule has 2 heterocycles. The Bertz CT molecular complexity index is 590. The first-order valence-corrected chi connectivity index (χ1v) is 6.74. The van der Waals surface area contributed by atoms with Gasteiger partial charge in [-0.15, -0.1) is 0 Å². The van der Waals surface area contributed by atoms with E-state index in [1.807, 2.05) is 6.07 Å². The lowest BCUT2D eigenvalue weighted by Gasteiger charge is -2.22. The Morgan fingerprint density at radius 2 is 1.86 bits per heavy atom. The van der Waals surface area contributed by atoms with Gasteiger partial charge in [0.15, 0.2) is 0 Å². The highest BCUT2D eigenvalue weighted by molar-refractivity contribution is 5.23. The third kappa shape index (κ3) is 4.51. The van der Waals surface area contributed by atoms with Gasteiger partial charge in [0.1, 0.15) is 0 Å². The molecule has 7 heteroatoms. The molecule has 1 N–H and O–H groups in total. The number of alkyl halides is 3. The van der Waals surface area contributed by atoms with Crippen LogP contribution in [0.1, 0.15) is 16.8 Å². The van der Waals surface area contributed by atoms with Crippen LogP contribution < -0.4 is 0 Å². The molecule has 0 aliphatic heterocycles. The molecular weight excluding hydrogens is 295 g/mol. The first-order chi connectivity index (χ1) is 10.5. The van der Waals surface area contributed by atoms with Crippen LogP contribution >= 0.6 is 0 Å². The number of halogens is 3. The summed E-state index contributed by atoms with van der Waals surface area (Å²) >= 11 is 0. The van der Waals surface area contributed by atoms with Gasteiger partial charge in [-0.2, -0.15) is 13.2 Å². The molecule has 0 aliphatic rings. The summed E-state index contributed by atoms with van der Waals surface area (Å²) in [4.78, 5) is 9.53. The minimum absolute atomic E-state index is 0.00510. The summed E-state index contributed by atoms with van der Waals surface area (Å²) in [7, 11) is 0. The van der Waals surface area contributed by atoms with E-state index in [9.17, 15) is 13.2 Å². The van der Waals surface area contributed by atoms with Crippen LogP contribution in [0.4, 0.5) is 13.2 Å². The second-order valence-electron chi connectivity index (χ2n) is 4.79. The van der Waals surface area contributed by atoms with Crippen molar-refractivity contribution in [3.63, 3.8) is 0 Å². The summed E-state index contributed by atoms with van der Waals surface area (Å²) in [6.07, 6.45) is 0.169. The quantitative estimate of drug-likeness (QED) is 0.890. The summed E-state index contributed by atoms with van der Waals surface area (Å²) < 4.78 is 39.0. The van der Waals surface area contributed by atoms with Crippen LogP contribution in [-0.4, -0.2) is 33.1 Å². The number of rotatable bonds is 6. The van der Waals surface area contributed by atoms with Crippen molar-refractivity contribution in [1.29, 1.82) is 0 Å². The van der Waals surface area contributed by atoms with E-state index < -0.39 is 11.7 Å². The van der Waals surface area contributed by atoms with E-state index in [4.69, 9.17) is 5.11 Å². The lowest BCUT2D eigenvalue weighted by atomic mass is 10.1. The van der Waals surface area contributed by atoms with E-state index in [2.05, 4.69) is 9.97 Å². The van der Waals surface area contributed by atoms with E-state index in [-0.39, 0.29) is 25.4 Å². The van der Waals surface area contributed by atoms with E-state index in [1.165, 1.54) is 12.3 Å². The van der Waals surface area contributed by atoms with Gasteiger partial charge in [-0.25, -0.2) is 0 Å². The standard InChI is InChI=1S/C15H16F3N3O/c16-15(17,18)13-4-2-6-20-14(13)11-21(7-8-22)10-12-3-1-5-19-9-12/h1-6,9,22H,7-8,10-11H2. The summed E-state index contributed by atoms with van der Waals surface area (Å²) in [6, 6.07) is 5.88. The maximum Gasteiger partial charge on any atom is 0.418 e. The zero-order valence-corrected chi connectivity index (χ0v) is 11.8. The van der Waals surface area contributed by atoms with Crippen LogP contribution in [0, 0.1) is 0 Å². The van der Waals surface area contributed by atoms with Gasteiger partial charge in [0.05, 0.1) is 17.9 Å². The summed E-state index contributed by atoms with van der Waals surface area (Å²) in [5, 5.41) is 9.12. The van der Waals surface area contributed by atoms with Crippen molar-refractivity contribution in [2.45, 2.75) is 19.3 Å². The average molecular weight is 311 g/mol. The molecule has 0 atom stereocenters. The van der Waals surface area contributed by atoms with Crippen molar-refractivity contribution >= 4 is 0 Å². The second kappa shape index (κ2) is 7.33. The molecule has 0 radical (unpaired) electrons. The molecule has 0 amide bonds. The van der Waals surface area contributed by atoms with Crippen LogP contribution in [0.3, 0.4) is 0 Å². The van der Waals surface area contributed by atoms with Crippen molar-refractivity contribution < 1.29 is 18.3 Å². The molecule has 0 aliphatic carbocycles. The van der Waals surface area contributed by atoms with Crippen LogP contribution in [0.15, 0.2) is 42.9 Å². The Hall–Kier alpha value is -1.99. The molecule has 0 aromatic carbocycles. The summed E-state index contributed by atoms with van der Waals surface area (Å²) in [5.41, 5.74) is 0.0666.